The molecule has 0 fully saturated rings. The number of aromatic hydroxyl groups is 2. The Hall–Kier alpha value is -2.24. The number of hydrogen-bond donors (Lipinski definition) is 3. The first kappa shape index (κ1) is 9.32. The average Bonchev–Trinajstić information content (AvgIpc) is 2.62. The van der Waals surface area contributed by atoms with E-state index in [0.29, 0.717) is 0 Å². The van der Waals surface area contributed by atoms with Crippen LogP contribution in [0.5, 0.6) is 11.5 Å². The van der Waals surface area contributed by atoms with Gasteiger partial charge in [-0.05, 0) is 12.1 Å². The van der Waals surface area contributed by atoms with Crippen molar-refractivity contribution in [2.45, 2.75) is 0 Å². The lowest BCUT2D eigenvalue weighted by Crippen LogP contribution is -1.88. The third-order valence-electron chi connectivity index (χ3n) is 1.98. The van der Waals surface area contributed by atoms with Gasteiger partial charge in [0.2, 0.25) is 5.88 Å². The highest BCUT2D eigenvalue weighted by Crippen LogP contribution is 2.36. The van der Waals surface area contributed by atoms with Crippen molar-refractivity contribution >= 4 is 5.88 Å². The summed E-state index contributed by atoms with van der Waals surface area (Å²) in [6.07, 6.45) is 1.23. The molecule has 6 heteroatoms. The second-order valence-corrected chi connectivity index (χ2v) is 2.90. The minimum absolute atomic E-state index is 0.0176. The first-order valence-corrected chi connectivity index (χ1v) is 4.02. The molecule has 0 bridgehead atoms. The maximum absolute atomic E-state index is 13.5. The molecule has 1 heterocycles. The zero-order valence-corrected chi connectivity index (χ0v) is 7.44. The number of nitrogen functional groups attached to an aromatic ring is 1. The number of nitrogens with zero attached hydrogens (tertiary/aromatic N) is 1. The Morgan fingerprint density at radius 3 is 2.60 bits per heavy atom. The monoisotopic (exact) mass is 210 g/mol. The van der Waals surface area contributed by atoms with Crippen LogP contribution < -0.4 is 5.73 Å². The minimum Gasteiger partial charge on any atom is -0.504 e. The second kappa shape index (κ2) is 3.16. The number of benzene rings is 1. The molecule has 1 aromatic heterocycles. The predicted octanol–water partition coefficient (Wildman–Crippen LogP) is 1.47. The van der Waals surface area contributed by atoms with Gasteiger partial charge in [0.25, 0.3) is 0 Å². The highest BCUT2D eigenvalue weighted by molar-refractivity contribution is 5.74. The van der Waals surface area contributed by atoms with Gasteiger partial charge in [0.05, 0.1) is 11.8 Å². The summed E-state index contributed by atoms with van der Waals surface area (Å²) in [5.74, 6) is -2.39. The van der Waals surface area contributed by atoms with Crippen molar-refractivity contribution in [3.05, 3.63) is 24.1 Å². The van der Waals surface area contributed by atoms with Crippen molar-refractivity contribution < 1.29 is 19.1 Å². The predicted molar refractivity (Wildman–Crippen MR) is 49.6 cm³/mol. The molecular weight excluding hydrogens is 203 g/mol. The van der Waals surface area contributed by atoms with Crippen LogP contribution in [0.2, 0.25) is 0 Å². The number of aromatic nitrogens is 1. The Bertz CT molecular complexity index is 510. The van der Waals surface area contributed by atoms with E-state index in [1.54, 1.807) is 0 Å². The van der Waals surface area contributed by atoms with E-state index in [2.05, 4.69) is 9.68 Å². The molecule has 0 atom stereocenters. The van der Waals surface area contributed by atoms with E-state index in [4.69, 9.17) is 15.9 Å². The smallest absolute Gasteiger partial charge is 0.230 e. The van der Waals surface area contributed by atoms with Crippen LogP contribution in [0, 0.1) is 5.82 Å². The van der Waals surface area contributed by atoms with Crippen LogP contribution in [0.3, 0.4) is 0 Å². The Labute approximate surface area is 83.5 Å². The van der Waals surface area contributed by atoms with E-state index in [9.17, 15) is 4.39 Å². The number of phenolic OH excluding ortho intramolecular Hbond substituents is 2. The van der Waals surface area contributed by atoms with Crippen LogP contribution in [0.25, 0.3) is 11.1 Å². The first-order chi connectivity index (χ1) is 7.11. The van der Waals surface area contributed by atoms with E-state index in [0.717, 1.165) is 6.07 Å². The zero-order valence-electron chi connectivity index (χ0n) is 7.44. The molecule has 0 radical (unpaired) electrons. The quantitative estimate of drug-likeness (QED) is 0.620. The van der Waals surface area contributed by atoms with Crippen molar-refractivity contribution in [1.29, 1.82) is 0 Å². The molecule has 0 aliphatic carbocycles. The number of halogens is 1. The van der Waals surface area contributed by atoms with Crippen LogP contribution in [-0.4, -0.2) is 15.4 Å². The van der Waals surface area contributed by atoms with Gasteiger partial charge in [-0.2, -0.15) is 0 Å². The summed E-state index contributed by atoms with van der Waals surface area (Å²) < 4.78 is 18.0. The molecule has 0 saturated carbocycles. The van der Waals surface area contributed by atoms with Crippen LogP contribution in [0.15, 0.2) is 22.9 Å². The SMILES string of the molecule is Nc1oncc1-c1ccc(O)c(O)c1F. The molecule has 0 amide bonds. The van der Waals surface area contributed by atoms with Crippen LogP contribution in [0.1, 0.15) is 0 Å². The second-order valence-electron chi connectivity index (χ2n) is 2.90. The van der Waals surface area contributed by atoms with E-state index >= 15 is 0 Å². The van der Waals surface area contributed by atoms with Crippen molar-refractivity contribution in [2.24, 2.45) is 0 Å². The number of hydrogen-bond acceptors (Lipinski definition) is 5. The molecule has 15 heavy (non-hydrogen) atoms. The lowest BCUT2D eigenvalue weighted by molar-refractivity contribution is 0.380. The summed E-state index contributed by atoms with van der Waals surface area (Å²) in [5, 5.41) is 21.6. The van der Waals surface area contributed by atoms with Crippen molar-refractivity contribution in [3.8, 4) is 22.6 Å². The van der Waals surface area contributed by atoms with E-state index in [1.165, 1.54) is 12.3 Å². The summed E-state index contributed by atoms with van der Waals surface area (Å²) in [5.41, 5.74) is 5.63. The van der Waals surface area contributed by atoms with Gasteiger partial charge in [0, 0.05) is 5.56 Å². The average molecular weight is 210 g/mol. The van der Waals surface area contributed by atoms with Gasteiger partial charge >= 0.3 is 0 Å². The molecule has 5 nitrogen and oxygen atoms in total. The summed E-state index contributed by atoms with van der Waals surface area (Å²) in [6, 6.07) is 2.42. The first-order valence-electron chi connectivity index (χ1n) is 4.02. The van der Waals surface area contributed by atoms with E-state index in [1.807, 2.05) is 0 Å². The van der Waals surface area contributed by atoms with E-state index < -0.39 is 17.3 Å². The molecule has 0 spiro atoms. The number of rotatable bonds is 1. The molecular formula is C9H7FN2O3. The molecule has 2 aromatic rings. The van der Waals surface area contributed by atoms with Gasteiger partial charge in [-0.15, -0.1) is 0 Å². The van der Waals surface area contributed by atoms with Gasteiger partial charge in [0.15, 0.2) is 17.3 Å². The summed E-state index contributed by atoms with van der Waals surface area (Å²) >= 11 is 0. The van der Waals surface area contributed by atoms with Gasteiger partial charge in [-0.3, -0.25) is 0 Å². The van der Waals surface area contributed by atoms with Gasteiger partial charge < -0.3 is 20.5 Å². The Balaban J connectivity index is 2.65. The molecule has 4 N–H and O–H groups in total. The van der Waals surface area contributed by atoms with E-state index in [-0.39, 0.29) is 17.0 Å². The number of nitrogens with two attached hydrogens (primary N) is 1. The third kappa shape index (κ3) is 1.35. The molecule has 78 valence electrons. The topological polar surface area (TPSA) is 92.5 Å². The zero-order chi connectivity index (χ0) is 11.0. The summed E-state index contributed by atoms with van der Waals surface area (Å²) in [7, 11) is 0. The highest BCUT2D eigenvalue weighted by Gasteiger charge is 2.17. The maximum Gasteiger partial charge on any atom is 0.230 e. The Morgan fingerprint density at radius 1 is 1.27 bits per heavy atom. The fourth-order valence-corrected chi connectivity index (χ4v) is 1.21. The molecule has 0 saturated heterocycles. The fourth-order valence-electron chi connectivity index (χ4n) is 1.21. The van der Waals surface area contributed by atoms with Crippen LogP contribution in [-0.2, 0) is 0 Å². The normalized spacial score (nSPS) is 10.5. The molecule has 1 aromatic carbocycles. The molecule has 0 aliphatic heterocycles. The largest absolute Gasteiger partial charge is 0.504 e. The van der Waals surface area contributed by atoms with Crippen LogP contribution in [0.4, 0.5) is 10.3 Å². The lowest BCUT2D eigenvalue weighted by atomic mass is 10.1. The molecule has 0 unspecified atom stereocenters. The Kier molecular flexibility index (Phi) is 1.96. The van der Waals surface area contributed by atoms with Gasteiger partial charge in [-0.25, -0.2) is 4.39 Å². The highest BCUT2D eigenvalue weighted by atomic mass is 19.1. The standard InChI is InChI=1S/C9H7FN2O3/c10-7-4(1-2-6(13)8(7)14)5-3-12-15-9(5)11/h1-3,13-14H,11H2. The molecule has 2 rings (SSSR count). The number of phenols is 2. The van der Waals surface area contributed by atoms with Crippen molar-refractivity contribution in [3.63, 3.8) is 0 Å². The molecule has 0 aliphatic rings. The number of anilines is 1. The lowest BCUT2D eigenvalue weighted by Gasteiger charge is -2.03. The van der Waals surface area contributed by atoms with Gasteiger partial charge in [-0.1, -0.05) is 5.16 Å². The van der Waals surface area contributed by atoms with Gasteiger partial charge in [0.1, 0.15) is 0 Å². The third-order valence-corrected chi connectivity index (χ3v) is 1.98. The fraction of sp³-hybridized carbons (Fsp3) is 0. The van der Waals surface area contributed by atoms with Crippen LogP contribution >= 0.6 is 0 Å². The minimum atomic E-state index is -0.968. The Morgan fingerprint density at radius 2 is 2.00 bits per heavy atom. The van der Waals surface area contributed by atoms with Crippen molar-refractivity contribution in [2.75, 3.05) is 5.73 Å². The van der Waals surface area contributed by atoms with Crippen molar-refractivity contribution in [1.82, 2.24) is 5.16 Å². The summed E-state index contributed by atoms with van der Waals surface area (Å²) in [6.45, 7) is 0. The maximum atomic E-state index is 13.5. The summed E-state index contributed by atoms with van der Waals surface area (Å²) in [4.78, 5) is 0.